The van der Waals surface area contributed by atoms with Crippen molar-refractivity contribution in [3.8, 4) is 28.7 Å². The van der Waals surface area contributed by atoms with Crippen molar-refractivity contribution in [3.63, 3.8) is 0 Å². The van der Waals surface area contributed by atoms with Gasteiger partial charge in [0.2, 0.25) is 11.2 Å². The molecule has 3 aromatic carbocycles. The summed E-state index contributed by atoms with van der Waals surface area (Å²) in [5, 5.41) is -0.100. The molecule has 0 saturated carbocycles. The van der Waals surface area contributed by atoms with E-state index in [-0.39, 0.29) is 42.2 Å². The van der Waals surface area contributed by atoms with Crippen LogP contribution in [-0.2, 0) is 24.0 Å². The molecule has 0 aliphatic carbocycles. The molecule has 0 saturated heterocycles. The number of methoxy groups -OCH3 is 2. The normalized spacial score (nSPS) is 13.3. The van der Waals surface area contributed by atoms with E-state index in [0.29, 0.717) is 29.4 Å². The Morgan fingerprint density at radius 1 is 1.00 bits per heavy atom. The van der Waals surface area contributed by atoms with Gasteiger partial charge in [-0.05, 0) is 61.0 Å². The number of carbonyl (C=O) groups excluding carboxylic acids is 1. The molecule has 0 unspecified atom stereocenters. The van der Waals surface area contributed by atoms with Crippen LogP contribution in [0.25, 0.3) is 11.0 Å². The summed E-state index contributed by atoms with van der Waals surface area (Å²) in [4.78, 5) is 27.1. The molecule has 0 bridgehead atoms. The topological polar surface area (TPSA) is 96.7 Å². The van der Waals surface area contributed by atoms with Crippen LogP contribution in [0.15, 0.2) is 63.8 Å². The molecule has 42 heavy (non-hydrogen) atoms. The third-order valence-corrected chi connectivity index (χ3v) is 6.56. The predicted octanol–water partition coefficient (Wildman–Crippen LogP) is 6.15. The molecule has 12 heteroatoms. The molecule has 0 radical (unpaired) electrons. The number of ether oxygens (including phenoxy) is 5. The maximum absolute atomic E-state index is 14.2. The van der Waals surface area contributed by atoms with Crippen molar-refractivity contribution in [1.29, 1.82) is 0 Å². The highest BCUT2D eigenvalue weighted by molar-refractivity contribution is 5.89. The van der Waals surface area contributed by atoms with Gasteiger partial charge in [-0.15, -0.1) is 0 Å². The number of esters is 1. The Labute approximate surface area is 237 Å². The molecule has 0 spiro atoms. The zero-order valence-corrected chi connectivity index (χ0v) is 22.9. The highest BCUT2D eigenvalue weighted by Gasteiger charge is 2.41. The standard InChI is InChI=1S/C30H26F3NO8/c1-4-39-29(36)18-6-8-19(9-7-18)41-27-25(35)20-10-12-22-21(26(20)42-28(27)30(31,32)33)15-34(16-40-22)14-17-5-11-23(37-2)24(13-17)38-3/h5-13H,4,14-16H2,1-3H3. The van der Waals surface area contributed by atoms with Crippen LogP contribution in [0.3, 0.4) is 0 Å². The summed E-state index contributed by atoms with van der Waals surface area (Å²) in [5.74, 6) is -1.90. The lowest BCUT2D eigenvalue weighted by atomic mass is 10.1. The molecule has 0 atom stereocenters. The zero-order valence-electron chi connectivity index (χ0n) is 22.9. The number of nitrogens with zero attached hydrogens (tertiary/aromatic N) is 1. The van der Waals surface area contributed by atoms with Crippen molar-refractivity contribution in [2.75, 3.05) is 27.6 Å². The average molecular weight is 586 g/mol. The molecule has 5 rings (SSSR count). The van der Waals surface area contributed by atoms with Gasteiger partial charge in [0.1, 0.15) is 23.8 Å². The van der Waals surface area contributed by atoms with Crippen molar-refractivity contribution >= 4 is 16.9 Å². The van der Waals surface area contributed by atoms with Crippen molar-refractivity contribution in [2.45, 2.75) is 26.2 Å². The van der Waals surface area contributed by atoms with Gasteiger partial charge >= 0.3 is 12.1 Å². The first kappa shape index (κ1) is 28.8. The predicted molar refractivity (Wildman–Crippen MR) is 144 cm³/mol. The van der Waals surface area contributed by atoms with Crippen molar-refractivity contribution in [2.24, 2.45) is 0 Å². The second-order valence-electron chi connectivity index (χ2n) is 9.30. The molecule has 0 fully saturated rings. The number of hydrogen-bond donors (Lipinski definition) is 0. The van der Waals surface area contributed by atoms with E-state index in [2.05, 4.69) is 0 Å². The lowest BCUT2D eigenvalue weighted by molar-refractivity contribution is -0.154. The fraction of sp³-hybridized carbons (Fsp3) is 0.267. The number of alkyl halides is 3. The van der Waals surface area contributed by atoms with E-state index in [9.17, 15) is 22.8 Å². The largest absolute Gasteiger partial charge is 0.493 e. The molecule has 1 aliphatic rings. The van der Waals surface area contributed by atoms with Crippen LogP contribution in [0.4, 0.5) is 13.2 Å². The van der Waals surface area contributed by atoms with Crippen molar-refractivity contribution < 1.29 is 46.1 Å². The molecule has 0 N–H and O–H groups in total. The highest BCUT2D eigenvalue weighted by atomic mass is 19.4. The zero-order chi connectivity index (χ0) is 30.0. The number of benzene rings is 3. The maximum Gasteiger partial charge on any atom is 0.453 e. The van der Waals surface area contributed by atoms with Gasteiger partial charge in [-0.2, -0.15) is 13.2 Å². The molecule has 2 heterocycles. The van der Waals surface area contributed by atoms with Gasteiger partial charge in [0, 0.05) is 13.1 Å². The summed E-state index contributed by atoms with van der Waals surface area (Å²) in [5.41, 5.74) is 0.0777. The Bertz CT molecular complexity index is 1680. The number of fused-ring (bicyclic) bond motifs is 3. The first-order valence-electron chi connectivity index (χ1n) is 12.8. The summed E-state index contributed by atoms with van der Waals surface area (Å²) in [6.07, 6.45) is -5.05. The molecule has 0 amide bonds. The van der Waals surface area contributed by atoms with Crippen LogP contribution in [-0.4, -0.2) is 38.4 Å². The minimum atomic E-state index is -5.05. The lowest BCUT2D eigenvalue weighted by Gasteiger charge is -2.29. The van der Waals surface area contributed by atoms with Crippen LogP contribution in [0.2, 0.25) is 0 Å². The fourth-order valence-electron chi connectivity index (χ4n) is 4.60. The number of rotatable bonds is 8. The van der Waals surface area contributed by atoms with Gasteiger partial charge in [0.15, 0.2) is 11.5 Å². The summed E-state index contributed by atoms with van der Waals surface area (Å²) >= 11 is 0. The molecular formula is C30H26F3NO8. The first-order valence-corrected chi connectivity index (χ1v) is 12.8. The van der Waals surface area contributed by atoms with E-state index in [4.69, 9.17) is 28.1 Å². The van der Waals surface area contributed by atoms with Gasteiger partial charge in [-0.25, -0.2) is 4.79 Å². The molecular weight excluding hydrogens is 559 g/mol. The molecule has 4 aromatic rings. The van der Waals surface area contributed by atoms with E-state index in [0.717, 1.165) is 5.56 Å². The van der Waals surface area contributed by atoms with Gasteiger partial charge < -0.3 is 28.1 Å². The number of hydrogen-bond acceptors (Lipinski definition) is 9. The summed E-state index contributed by atoms with van der Waals surface area (Å²) < 4.78 is 74.8. The highest BCUT2D eigenvalue weighted by Crippen LogP contribution is 2.41. The molecule has 1 aromatic heterocycles. The average Bonchev–Trinajstić information content (AvgIpc) is 2.98. The fourth-order valence-corrected chi connectivity index (χ4v) is 4.60. The van der Waals surface area contributed by atoms with E-state index in [1.165, 1.54) is 50.6 Å². The Morgan fingerprint density at radius 3 is 2.40 bits per heavy atom. The second-order valence-corrected chi connectivity index (χ2v) is 9.30. The van der Waals surface area contributed by atoms with E-state index in [1.54, 1.807) is 19.1 Å². The first-order chi connectivity index (χ1) is 20.1. The minimum absolute atomic E-state index is 0.0948. The van der Waals surface area contributed by atoms with E-state index >= 15 is 0 Å². The van der Waals surface area contributed by atoms with Gasteiger partial charge in [-0.3, -0.25) is 9.69 Å². The van der Waals surface area contributed by atoms with Crippen LogP contribution in [0.1, 0.15) is 34.2 Å². The monoisotopic (exact) mass is 585 g/mol. The van der Waals surface area contributed by atoms with Crippen molar-refractivity contribution in [1.82, 2.24) is 4.90 Å². The summed E-state index contributed by atoms with van der Waals surface area (Å²) in [6, 6.07) is 13.4. The number of halogens is 3. The van der Waals surface area contributed by atoms with E-state index in [1.807, 2.05) is 11.0 Å². The Morgan fingerprint density at radius 2 is 1.74 bits per heavy atom. The quantitative estimate of drug-likeness (QED) is 0.226. The molecule has 1 aliphatic heterocycles. The summed E-state index contributed by atoms with van der Waals surface area (Å²) in [6.45, 7) is 2.48. The number of carbonyl (C=O) groups is 1. The third-order valence-electron chi connectivity index (χ3n) is 6.56. The van der Waals surface area contributed by atoms with Crippen LogP contribution in [0.5, 0.6) is 28.7 Å². The Kier molecular flexibility index (Phi) is 7.99. The van der Waals surface area contributed by atoms with Crippen LogP contribution >= 0.6 is 0 Å². The van der Waals surface area contributed by atoms with Crippen molar-refractivity contribution in [3.05, 3.63) is 87.3 Å². The smallest absolute Gasteiger partial charge is 0.453 e. The van der Waals surface area contributed by atoms with E-state index < -0.39 is 29.1 Å². The van der Waals surface area contributed by atoms with Gasteiger partial charge in [0.25, 0.3) is 5.76 Å². The van der Waals surface area contributed by atoms with Crippen LogP contribution < -0.4 is 24.4 Å². The molecule has 220 valence electrons. The second kappa shape index (κ2) is 11.6. The lowest BCUT2D eigenvalue weighted by Crippen LogP contribution is -2.32. The maximum atomic E-state index is 14.2. The SMILES string of the molecule is CCOC(=O)c1ccc(Oc2c(C(F)(F)F)oc3c4c(ccc3c2=O)OCN(Cc2ccc(OC)c(OC)c2)C4)cc1. The minimum Gasteiger partial charge on any atom is -0.493 e. The van der Waals surface area contributed by atoms with Crippen LogP contribution in [0, 0.1) is 0 Å². The van der Waals surface area contributed by atoms with Gasteiger partial charge in [0.05, 0.1) is 37.3 Å². The third kappa shape index (κ3) is 5.70. The summed E-state index contributed by atoms with van der Waals surface area (Å²) in [7, 11) is 3.05. The van der Waals surface area contributed by atoms with Gasteiger partial charge in [-0.1, -0.05) is 6.07 Å². The Balaban J connectivity index is 1.50. The Hall–Kier alpha value is -4.71. The molecule has 9 nitrogen and oxygen atoms in total.